The number of hydrogen-bond acceptors (Lipinski definition) is 3. The third-order valence-electron chi connectivity index (χ3n) is 6.41. The van der Waals surface area contributed by atoms with Crippen LogP contribution in [-0.2, 0) is 20.0 Å². The van der Waals surface area contributed by atoms with Crippen LogP contribution in [0.4, 0.5) is 0 Å². The van der Waals surface area contributed by atoms with Crippen molar-refractivity contribution in [3.63, 3.8) is 0 Å². The van der Waals surface area contributed by atoms with Gasteiger partial charge in [-0.3, -0.25) is 9.13 Å². The number of benzene rings is 1. The summed E-state index contributed by atoms with van der Waals surface area (Å²) in [6.45, 7) is 1.62. The Hall–Kier alpha value is -2.47. The van der Waals surface area contributed by atoms with Gasteiger partial charge in [0, 0.05) is 49.2 Å². The Morgan fingerprint density at radius 2 is 2.15 bits per heavy atom. The molecule has 136 valence electrons. The predicted molar refractivity (Wildman–Crippen MR) is 101 cm³/mol. The molecule has 3 heterocycles. The van der Waals surface area contributed by atoms with Gasteiger partial charge in [0.05, 0.1) is 6.20 Å². The van der Waals surface area contributed by atoms with Crippen LogP contribution in [0.25, 0.3) is 10.9 Å². The molecule has 2 N–H and O–H groups in total. The van der Waals surface area contributed by atoms with Crippen LogP contribution in [-0.4, -0.2) is 43.8 Å². The maximum absolute atomic E-state index is 12.3. The van der Waals surface area contributed by atoms with Crippen molar-refractivity contribution < 1.29 is 5.11 Å². The maximum atomic E-state index is 12.3. The molecule has 0 amide bonds. The van der Waals surface area contributed by atoms with Crippen molar-refractivity contribution in [3.8, 4) is 5.88 Å². The van der Waals surface area contributed by atoms with Gasteiger partial charge in [-0.15, -0.1) is 0 Å². The summed E-state index contributed by atoms with van der Waals surface area (Å²) in [5.41, 5.74) is 3.94. The van der Waals surface area contributed by atoms with Gasteiger partial charge < -0.3 is 15.0 Å². The fourth-order valence-electron chi connectivity index (χ4n) is 5.17. The standard InChI is InChI=1S/C20H24N4O2/c1-22-9-12(10-24-11-18(25)23(2)20(24)26)6-15-14-4-3-5-16-19(14)13(8-21-16)7-17(15)22/h3-5,8,11-12,15,17,21,25H,6-7,9-10H2,1-2H3/t12?,15-,17-/m1/s1. The number of nitrogens with one attached hydrogen (secondary N) is 1. The fraction of sp³-hybridized carbons (Fsp3) is 0.450. The zero-order valence-corrected chi connectivity index (χ0v) is 15.1. The summed E-state index contributed by atoms with van der Waals surface area (Å²) in [6.07, 6.45) is 5.87. The highest BCUT2D eigenvalue weighted by atomic mass is 16.3. The number of aromatic amines is 1. The Morgan fingerprint density at radius 3 is 2.92 bits per heavy atom. The van der Waals surface area contributed by atoms with E-state index in [-0.39, 0.29) is 11.6 Å². The van der Waals surface area contributed by atoms with Gasteiger partial charge >= 0.3 is 5.69 Å². The lowest BCUT2D eigenvalue weighted by Gasteiger charge is -2.45. The van der Waals surface area contributed by atoms with Crippen LogP contribution in [0.15, 0.2) is 35.4 Å². The van der Waals surface area contributed by atoms with Crippen LogP contribution in [0.1, 0.15) is 23.5 Å². The molecule has 6 nitrogen and oxygen atoms in total. The second kappa shape index (κ2) is 5.51. The summed E-state index contributed by atoms with van der Waals surface area (Å²) < 4.78 is 2.95. The third kappa shape index (κ3) is 2.18. The SMILES string of the molecule is CN1CC(Cn2cc(O)n(C)c2=O)C[C@@H]2c3cccc4[nH]cc(c34)C[C@H]21. The van der Waals surface area contributed by atoms with Crippen LogP contribution in [0, 0.1) is 5.92 Å². The van der Waals surface area contributed by atoms with E-state index in [1.807, 2.05) is 0 Å². The molecule has 5 rings (SSSR count). The van der Waals surface area contributed by atoms with Crippen molar-refractivity contribution >= 4 is 10.9 Å². The number of H-pyrrole nitrogens is 1. The van der Waals surface area contributed by atoms with Gasteiger partial charge in [0.1, 0.15) is 0 Å². The van der Waals surface area contributed by atoms with Crippen molar-refractivity contribution in [3.05, 3.63) is 52.2 Å². The topological polar surface area (TPSA) is 66.2 Å². The molecule has 1 aromatic carbocycles. The molecular formula is C20H24N4O2. The third-order valence-corrected chi connectivity index (χ3v) is 6.41. The van der Waals surface area contributed by atoms with E-state index in [2.05, 4.69) is 41.3 Å². The molecule has 0 spiro atoms. The molecule has 1 aliphatic carbocycles. The van der Waals surface area contributed by atoms with Gasteiger partial charge in [0.15, 0.2) is 0 Å². The number of rotatable bonds is 2. The molecule has 3 aromatic rings. The Balaban J connectivity index is 1.49. The lowest BCUT2D eigenvalue weighted by atomic mass is 9.72. The monoisotopic (exact) mass is 352 g/mol. The van der Waals surface area contributed by atoms with Gasteiger partial charge in [-0.05, 0) is 43.0 Å². The van der Waals surface area contributed by atoms with Crippen LogP contribution >= 0.6 is 0 Å². The lowest BCUT2D eigenvalue weighted by molar-refractivity contribution is 0.103. The number of imidazole rings is 1. The first-order chi connectivity index (χ1) is 12.5. The van der Waals surface area contributed by atoms with Crippen molar-refractivity contribution in [2.75, 3.05) is 13.6 Å². The number of hydrogen-bond donors (Lipinski definition) is 2. The second-order valence-electron chi connectivity index (χ2n) is 7.98. The van der Waals surface area contributed by atoms with Gasteiger partial charge in [0.2, 0.25) is 5.88 Å². The van der Waals surface area contributed by atoms with Crippen molar-refractivity contribution in [2.24, 2.45) is 13.0 Å². The molecule has 1 fully saturated rings. The van der Waals surface area contributed by atoms with E-state index in [9.17, 15) is 9.90 Å². The average Bonchev–Trinajstić information content (AvgIpc) is 3.14. The highest BCUT2D eigenvalue weighted by molar-refractivity contribution is 5.88. The van der Waals surface area contributed by atoms with E-state index in [0.29, 0.717) is 24.4 Å². The number of likely N-dealkylation sites (N-methyl/N-ethyl adjacent to an activating group) is 1. The minimum Gasteiger partial charge on any atom is -0.493 e. The first-order valence-electron chi connectivity index (χ1n) is 9.27. The summed E-state index contributed by atoms with van der Waals surface area (Å²) in [5, 5.41) is 11.2. The largest absolute Gasteiger partial charge is 0.493 e. The number of fused-ring (bicyclic) bond motifs is 2. The van der Waals surface area contributed by atoms with Crippen molar-refractivity contribution in [1.82, 2.24) is 19.0 Å². The first kappa shape index (κ1) is 15.8. The van der Waals surface area contributed by atoms with E-state index in [4.69, 9.17) is 0 Å². The Kier molecular flexibility index (Phi) is 3.34. The number of likely N-dealkylation sites (tertiary alicyclic amines) is 1. The van der Waals surface area contributed by atoms with Crippen LogP contribution in [0.5, 0.6) is 5.88 Å². The first-order valence-corrected chi connectivity index (χ1v) is 9.27. The molecule has 1 saturated heterocycles. The Labute approximate surface area is 151 Å². The molecule has 3 atom stereocenters. The molecule has 0 saturated carbocycles. The summed E-state index contributed by atoms with van der Waals surface area (Å²) in [4.78, 5) is 18.1. The van der Waals surface area contributed by atoms with Crippen LogP contribution < -0.4 is 5.69 Å². The Bertz CT molecular complexity index is 1040. The zero-order valence-electron chi connectivity index (χ0n) is 15.1. The summed E-state index contributed by atoms with van der Waals surface area (Å²) >= 11 is 0. The molecule has 1 unspecified atom stereocenters. The number of aromatic nitrogens is 3. The summed E-state index contributed by atoms with van der Waals surface area (Å²) in [7, 11) is 3.80. The average molecular weight is 352 g/mol. The van der Waals surface area contributed by atoms with Crippen molar-refractivity contribution in [2.45, 2.75) is 31.3 Å². The minimum absolute atomic E-state index is 0.0245. The lowest BCUT2D eigenvalue weighted by Crippen LogP contribution is -2.49. The normalized spacial score (nSPS) is 25.5. The quantitative estimate of drug-likeness (QED) is 0.742. The Morgan fingerprint density at radius 1 is 1.31 bits per heavy atom. The van der Waals surface area contributed by atoms with Gasteiger partial charge in [-0.25, -0.2) is 4.79 Å². The van der Waals surface area contributed by atoms with E-state index < -0.39 is 0 Å². The maximum Gasteiger partial charge on any atom is 0.330 e. The minimum atomic E-state index is -0.147. The van der Waals surface area contributed by atoms with E-state index in [0.717, 1.165) is 19.4 Å². The molecule has 2 aliphatic rings. The molecule has 26 heavy (non-hydrogen) atoms. The number of nitrogens with zero attached hydrogens (tertiary/aromatic N) is 3. The van der Waals surface area contributed by atoms with Crippen LogP contribution in [0.3, 0.4) is 0 Å². The second-order valence-corrected chi connectivity index (χ2v) is 7.98. The highest BCUT2D eigenvalue weighted by Crippen LogP contribution is 2.44. The van der Waals surface area contributed by atoms with Crippen LogP contribution in [0.2, 0.25) is 0 Å². The number of piperidine rings is 1. The molecular weight excluding hydrogens is 328 g/mol. The molecule has 2 aromatic heterocycles. The van der Waals surface area contributed by atoms with E-state index in [1.165, 1.54) is 26.6 Å². The molecule has 6 heteroatoms. The molecule has 0 bridgehead atoms. The summed E-state index contributed by atoms with van der Waals surface area (Å²) in [6, 6.07) is 7.08. The van der Waals surface area contributed by atoms with Crippen molar-refractivity contribution in [1.29, 1.82) is 0 Å². The van der Waals surface area contributed by atoms with Gasteiger partial charge in [-0.1, -0.05) is 12.1 Å². The van der Waals surface area contributed by atoms with Gasteiger partial charge in [-0.2, -0.15) is 0 Å². The fourth-order valence-corrected chi connectivity index (χ4v) is 5.17. The van der Waals surface area contributed by atoms with E-state index >= 15 is 0 Å². The number of aromatic hydroxyl groups is 1. The van der Waals surface area contributed by atoms with Gasteiger partial charge in [0.25, 0.3) is 0 Å². The molecule has 0 radical (unpaired) electrons. The molecule has 1 aliphatic heterocycles. The summed E-state index contributed by atoms with van der Waals surface area (Å²) in [5.74, 6) is 0.895. The van der Waals surface area contributed by atoms with E-state index in [1.54, 1.807) is 17.8 Å². The zero-order chi connectivity index (χ0) is 18.0. The smallest absolute Gasteiger partial charge is 0.330 e. The predicted octanol–water partition coefficient (Wildman–Crippen LogP) is 2.03. The highest BCUT2D eigenvalue weighted by Gasteiger charge is 2.39.